The number of hydrogen-bond donors (Lipinski definition) is 1. The molecule has 0 aliphatic rings. The third kappa shape index (κ3) is 7.48. The van der Waals surface area contributed by atoms with E-state index in [9.17, 15) is 9.59 Å². The van der Waals surface area contributed by atoms with E-state index in [1.807, 2.05) is 19.1 Å². The smallest absolute Gasteiger partial charge is 0.306 e. The van der Waals surface area contributed by atoms with E-state index in [0.29, 0.717) is 35.3 Å². The fraction of sp³-hybridized carbons (Fsp3) is 0.364. The summed E-state index contributed by atoms with van der Waals surface area (Å²) < 4.78 is 21.0. The number of aryl methyl sites for hydroxylation is 1. The molecule has 0 bridgehead atoms. The van der Waals surface area contributed by atoms with E-state index in [1.54, 1.807) is 38.5 Å². The third-order valence-electron chi connectivity index (χ3n) is 4.23. The lowest BCUT2D eigenvalue weighted by atomic mass is 10.2. The van der Waals surface area contributed by atoms with Crippen molar-refractivity contribution in [2.24, 2.45) is 0 Å². The maximum atomic E-state index is 11.9. The standard InChI is InChI=1S/C22H26ClNO6/c1-15-11-17(7-8-18(15)23)29-10-4-5-22(26)30-14-21(25)24-13-16-6-9-19(27-2)20(12-16)28-3/h6-9,11-12H,4-5,10,13-14H2,1-3H3,(H,24,25). The van der Waals surface area contributed by atoms with Crippen LogP contribution in [-0.2, 0) is 20.9 Å². The van der Waals surface area contributed by atoms with Gasteiger partial charge in [0.05, 0.1) is 20.8 Å². The zero-order chi connectivity index (χ0) is 21.9. The van der Waals surface area contributed by atoms with Crippen molar-refractivity contribution in [3.05, 3.63) is 52.5 Å². The van der Waals surface area contributed by atoms with Crippen LogP contribution in [0.4, 0.5) is 0 Å². The summed E-state index contributed by atoms with van der Waals surface area (Å²) in [5.74, 6) is 1.04. The van der Waals surface area contributed by atoms with Gasteiger partial charge < -0.3 is 24.3 Å². The number of halogens is 1. The zero-order valence-electron chi connectivity index (χ0n) is 17.3. The molecule has 0 radical (unpaired) electrons. The Morgan fingerprint density at radius 1 is 1.03 bits per heavy atom. The summed E-state index contributed by atoms with van der Waals surface area (Å²) in [5.41, 5.74) is 1.76. The summed E-state index contributed by atoms with van der Waals surface area (Å²) in [5, 5.41) is 3.37. The van der Waals surface area contributed by atoms with Crippen molar-refractivity contribution in [3.8, 4) is 17.2 Å². The molecule has 162 valence electrons. The van der Waals surface area contributed by atoms with E-state index in [0.717, 1.165) is 11.1 Å². The van der Waals surface area contributed by atoms with Crippen LogP contribution >= 0.6 is 11.6 Å². The van der Waals surface area contributed by atoms with Crippen molar-refractivity contribution in [2.45, 2.75) is 26.3 Å². The van der Waals surface area contributed by atoms with Crippen molar-refractivity contribution < 1.29 is 28.5 Å². The van der Waals surface area contributed by atoms with E-state index in [2.05, 4.69) is 5.32 Å². The van der Waals surface area contributed by atoms with Gasteiger partial charge in [-0.05, 0) is 54.8 Å². The monoisotopic (exact) mass is 435 g/mol. The summed E-state index contributed by atoms with van der Waals surface area (Å²) in [6.07, 6.45) is 0.642. The van der Waals surface area contributed by atoms with Gasteiger partial charge in [0.15, 0.2) is 18.1 Å². The summed E-state index contributed by atoms with van der Waals surface area (Å²) in [6, 6.07) is 10.7. The largest absolute Gasteiger partial charge is 0.494 e. The Kier molecular flexibility index (Phi) is 9.28. The van der Waals surface area contributed by atoms with E-state index in [4.69, 9.17) is 30.5 Å². The second kappa shape index (κ2) is 11.9. The quantitative estimate of drug-likeness (QED) is 0.428. The molecule has 0 atom stereocenters. The van der Waals surface area contributed by atoms with Gasteiger partial charge in [-0.1, -0.05) is 17.7 Å². The molecule has 0 aliphatic heterocycles. The molecule has 1 N–H and O–H groups in total. The molecule has 0 heterocycles. The first-order valence-electron chi connectivity index (χ1n) is 9.45. The number of benzene rings is 2. The molecule has 2 aromatic rings. The molecule has 7 nitrogen and oxygen atoms in total. The molecule has 2 rings (SSSR count). The molecule has 2 aromatic carbocycles. The normalized spacial score (nSPS) is 10.3. The number of ether oxygens (including phenoxy) is 4. The van der Waals surface area contributed by atoms with Gasteiger partial charge in [-0.2, -0.15) is 0 Å². The minimum Gasteiger partial charge on any atom is -0.494 e. The van der Waals surface area contributed by atoms with E-state index < -0.39 is 5.97 Å². The first-order chi connectivity index (χ1) is 14.4. The van der Waals surface area contributed by atoms with Crippen molar-refractivity contribution in [1.29, 1.82) is 0 Å². The van der Waals surface area contributed by atoms with Crippen LogP contribution in [0.15, 0.2) is 36.4 Å². The summed E-state index contributed by atoms with van der Waals surface area (Å²) in [4.78, 5) is 23.7. The Hall–Kier alpha value is -2.93. The van der Waals surface area contributed by atoms with Crippen LogP contribution in [0.2, 0.25) is 5.02 Å². The van der Waals surface area contributed by atoms with Gasteiger partial charge in [0.25, 0.3) is 5.91 Å². The number of amides is 1. The van der Waals surface area contributed by atoms with Crippen LogP contribution in [-0.4, -0.2) is 39.3 Å². The van der Waals surface area contributed by atoms with Gasteiger partial charge in [0, 0.05) is 18.0 Å². The van der Waals surface area contributed by atoms with Crippen LogP contribution in [0, 0.1) is 6.92 Å². The minimum atomic E-state index is -0.452. The van der Waals surface area contributed by atoms with Gasteiger partial charge in [-0.15, -0.1) is 0 Å². The predicted molar refractivity (Wildman–Crippen MR) is 113 cm³/mol. The highest BCUT2D eigenvalue weighted by Gasteiger charge is 2.09. The van der Waals surface area contributed by atoms with Gasteiger partial charge in [-0.25, -0.2) is 0 Å². The molecular weight excluding hydrogens is 410 g/mol. The number of methoxy groups -OCH3 is 2. The van der Waals surface area contributed by atoms with Crippen molar-refractivity contribution in [1.82, 2.24) is 5.32 Å². The average molecular weight is 436 g/mol. The van der Waals surface area contributed by atoms with Crippen molar-refractivity contribution in [3.63, 3.8) is 0 Å². The number of esters is 1. The maximum absolute atomic E-state index is 11.9. The van der Waals surface area contributed by atoms with Crippen LogP contribution in [0.1, 0.15) is 24.0 Å². The SMILES string of the molecule is COc1ccc(CNC(=O)COC(=O)CCCOc2ccc(Cl)c(C)c2)cc1OC. The molecule has 30 heavy (non-hydrogen) atoms. The molecule has 0 saturated heterocycles. The first-order valence-corrected chi connectivity index (χ1v) is 9.83. The van der Waals surface area contributed by atoms with Crippen LogP contribution in [0.25, 0.3) is 0 Å². The van der Waals surface area contributed by atoms with Crippen molar-refractivity contribution >= 4 is 23.5 Å². The minimum absolute atomic E-state index is 0.162. The second-order valence-corrected chi connectivity index (χ2v) is 6.90. The highest BCUT2D eigenvalue weighted by atomic mass is 35.5. The van der Waals surface area contributed by atoms with Crippen LogP contribution in [0.5, 0.6) is 17.2 Å². The Morgan fingerprint density at radius 2 is 1.80 bits per heavy atom. The van der Waals surface area contributed by atoms with E-state index in [-0.39, 0.29) is 25.5 Å². The third-order valence-corrected chi connectivity index (χ3v) is 4.65. The lowest BCUT2D eigenvalue weighted by molar-refractivity contribution is -0.148. The lowest BCUT2D eigenvalue weighted by Crippen LogP contribution is -2.28. The van der Waals surface area contributed by atoms with Crippen LogP contribution < -0.4 is 19.5 Å². The van der Waals surface area contributed by atoms with Crippen molar-refractivity contribution in [2.75, 3.05) is 27.4 Å². The summed E-state index contributed by atoms with van der Waals surface area (Å²) in [7, 11) is 3.10. The molecule has 0 aromatic heterocycles. The van der Waals surface area contributed by atoms with E-state index >= 15 is 0 Å². The Labute approximate surface area is 181 Å². The summed E-state index contributed by atoms with van der Waals surface area (Å²) in [6.45, 7) is 2.21. The average Bonchev–Trinajstić information content (AvgIpc) is 2.75. The second-order valence-electron chi connectivity index (χ2n) is 6.49. The number of carbonyl (C=O) groups is 2. The molecule has 1 amide bonds. The number of carbonyl (C=O) groups excluding carboxylic acids is 2. The zero-order valence-corrected chi connectivity index (χ0v) is 18.1. The molecular formula is C22H26ClNO6. The van der Waals surface area contributed by atoms with Gasteiger partial charge >= 0.3 is 5.97 Å². The molecule has 0 saturated carbocycles. The summed E-state index contributed by atoms with van der Waals surface area (Å²) >= 11 is 5.97. The maximum Gasteiger partial charge on any atom is 0.306 e. The number of rotatable bonds is 11. The van der Waals surface area contributed by atoms with Gasteiger partial charge in [0.1, 0.15) is 5.75 Å². The Bertz CT molecular complexity index is 871. The number of nitrogens with one attached hydrogen (secondary N) is 1. The fourth-order valence-corrected chi connectivity index (χ4v) is 2.69. The molecule has 0 unspecified atom stereocenters. The molecule has 0 spiro atoms. The van der Waals surface area contributed by atoms with Gasteiger partial charge in [-0.3, -0.25) is 9.59 Å². The first kappa shape index (κ1) is 23.3. The van der Waals surface area contributed by atoms with Gasteiger partial charge in [0.2, 0.25) is 0 Å². The van der Waals surface area contributed by atoms with Crippen LogP contribution in [0.3, 0.4) is 0 Å². The highest BCUT2D eigenvalue weighted by Crippen LogP contribution is 2.27. The predicted octanol–water partition coefficient (Wildman–Crippen LogP) is 3.68. The molecule has 0 fully saturated rings. The topological polar surface area (TPSA) is 83.1 Å². The lowest BCUT2D eigenvalue weighted by Gasteiger charge is -2.11. The van der Waals surface area contributed by atoms with E-state index in [1.165, 1.54) is 0 Å². The molecule has 0 aliphatic carbocycles. The number of hydrogen-bond acceptors (Lipinski definition) is 6. The Morgan fingerprint density at radius 3 is 2.50 bits per heavy atom. The fourth-order valence-electron chi connectivity index (χ4n) is 2.57. The highest BCUT2D eigenvalue weighted by molar-refractivity contribution is 6.31. The molecule has 8 heteroatoms. The Balaban J connectivity index is 1.63.